The average molecular weight is 179 g/mol. The van der Waals surface area contributed by atoms with Crippen LogP contribution in [0.3, 0.4) is 0 Å². The zero-order chi connectivity index (χ0) is 9.68. The number of carboxylic acids is 1. The molecular formula is C10H11O3. The van der Waals surface area contributed by atoms with Crippen LogP contribution in [0, 0.1) is 6.61 Å². The van der Waals surface area contributed by atoms with Crippen LogP contribution >= 0.6 is 0 Å². The monoisotopic (exact) mass is 179 g/mol. The summed E-state index contributed by atoms with van der Waals surface area (Å²) in [6.07, 6.45) is 0.138. The van der Waals surface area contributed by atoms with Crippen molar-refractivity contribution in [2.24, 2.45) is 0 Å². The highest BCUT2D eigenvalue weighted by Gasteiger charge is 2.18. The Hall–Kier alpha value is -1.35. The quantitative estimate of drug-likeness (QED) is 0.740. The summed E-state index contributed by atoms with van der Waals surface area (Å²) in [5.41, 5.74) is 0.709. The first-order valence-electron chi connectivity index (χ1n) is 3.99. The highest BCUT2D eigenvalue weighted by molar-refractivity contribution is 5.76. The van der Waals surface area contributed by atoms with E-state index in [1.807, 2.05) is 6.07 Å². The van der Waals surface area contributed by atoms with Gasteiger partial charge in [-0.1, -0.05) is 30.3 Å². The van der Waals surface area contributed by atoms with Gasteiger partial charge in [0.1, 0.15) is 0 Å². The normalized spacial score (nSPS) is 12.4. The number of carboxylic acid groups (broad SMARTS) is 1. The summed E-state index contributed by atoms with van der Waals surface area (Å²) in [6.45, 7) is 0.881. The molecule has 0 saturated heterocycles. The minimum Gasteiger partial charge on any atom is -0.481 e. The van der Waals surface area contributed by atoms with Gasteiger partial charge < -0.3 is 10.2 Å². The summed E-state index contributed by atoms with van der Waals surface area (Å²) >= 11 is 0. The van der Waals surface area contributed by atoms with E-state index in [2.05, 4.69) is 0 Å². The second kappa shape index (κ2) is 4.62. The van der Waals surface area contributed by atoms with Crippen LogP contribution in [0.15, 0.2) is 30.3 Å². The Labute approximate surface area is 76.6 Å². The molecule has 0 spiro atoms. The van der Waals surface area contributed by atoms with E-state index in [0.717, 1.165) is 6.61 Å². The molecule has 69 valence electrons. The minimum atomic E-state index is -0.920. The van der Waals surface area contributed by atoms with Crippen molar-refractivity contribution in [1.82, 2.24) is 0 Å². The second-order valence-corrected chi connectivity index (χ2v) is 2.72. The van der Waals surface area contributed by atoms with Gasteiger partial charge in [0.2, 0.25) is 0 Å². The molecule has 0 fully saturated rings. The van der Waals surface area contributed by atoms with Gasteiger partial charge in [-0.15, -0.1) is 0 Å². The van der Waals surface area contributed by atoms with Crippen LogP contribution in [0.25, 0.3) is 0 Å². The number of hydrogen-bond acceptors (Lipinski definition) is 2. The number of rotatable bonds is 4. The van der Waals surface area contributed by atoms with E-state index in [9.17, 15) is 4.79 Å². The SMILES string of the molecule is O=C(O)C(C[CH]O)c1ccccc1. The van der Waals surface area contributed by atoms with E-state index in [0.29, 0.717) is 5.56 Å². The van der Waals surface area contributed by atoms with E-state index in [1.165, 1.54) is 0 Å². The highest BCUT2D eigenvalue weighted by atomic mass is 16.4. The van der Waals surface area contributed by atoms with Crippen LogP contribution in [0.1, 0.15) is 17.9 Å². The molecule has 1 unspecified atom stereocenters. The van der Waals surface area contributed by atoms with Crippen molar-refractivity contribution in [1.29, 1.82) is 0 Å². The summed E-state index contributed by atoms with van der Waals surface area (Å²) in [7, 11) is 0. The molecule has 1 atom stereocenters. The minimum absolute atomic E-state index is 0.138. The lowest BCUT2D eigenvalue weighted by atomic mass is 9.96. The fourth-order valence-electron chi connectivity index (χ4n) is 1.17. The van der Waals surface area contributed by atoms with Crippen molar-refractivity contribution in [2.75, 3.05) is 0 Å². The molecule has 3 nitrogen and oxygen atoms in total. The lowest BCUT2D eigenvalue weighted by Crippen LogP contribution is -2.11. The van der Waals surface area contributed by atoms with Crippen LogP contribution in [0.5, 0.6) is 0 Å². The third-order valence-corrected chi connectivity index (χ3v) is 1.84. The van der Waals surface area contributed by atoms with Gasteiger partial charge in [0.05, 0.1) is 12.5 Å². The van der Waals surface area contributed by atoms with Crippen molar-refractivity contribution in [3.05, 3.63) is 42.5 Å². The van der Waals surface area contributed by atoms with Gasteiger partial charge >= 0.3 is 5.97 Å². The molecule has 1 aromatic rings. The van der Waals surface area contributed by atoms with Crippen molar-refractivity contribution in [3.63, 3.8) is 0 Å². The number of carbonyl (C=O) groups is 1. The standard InChI is InChI=1S/C10H11O3/c11-7-6-9(10(12)13)8-4-2-1-3-5-8/h1-5,7,9,11H,6H2,(H,12,13). The van der Waals surface area contributed by atoms with Gasteiger partial charge in [0.25, 0.3) is 0 Å². The maximum atomic E-state index is 10.8. The molecule has 0 aliphatic rings. The van der Waals surface area contributed by atoms with Crippen LogP contribution in [-0.2, 0) is 4.79 Å². The zero-order valence-corrected chi connectivity index (χ0v) is 7.05. The van der Waals surface area contributed by atoms with E-state index in [1.54, 1.807) is 24.3 Å². The molecule has 1 radical (unpaired) electrons. The molecule has 0 aliphatic heterocycles. The maximum absolute atomic E-state index is 10.8. The van der Waals surface area contributed by atoms with Crippen LogP contribution < -0.4 is 0 Å². The van der Waals surface area contributed by atoms with Crippen LogP contribution in [-0.4, -0.2) is 16.2 Å². The first-order chi connectivity index (χ1) is 6.25. The van der Waals surface area contributed by atoms with Gasteiger partial charge in [0.15, 0.2) is 0 Å². The molecule has 3 heteroatoms. The largest absolute Gasteiger partial charge is 0.481 e. The molecule has 0 amide bonds. The summed E-state index contributed by atoms with van der Waals surface area (Å²) in [5, 5.41) is 17.4. The average Bonchev–Trinajstić information content (AvgIpc) is 2.15. The molecule has 2 N–H and O–H groups in total. The van der Waals surface area contributed by atoms with Crippen molar-refractivity contribution in [2.45, 2.75) is 12.3 Å². The van der Waals surface area contributed by atoms with Crippen molar-refractivity contribution < 1.29 is 15.0 Å². The fourth-order valence-corrected chi connectivity index (χ4v) is 1.17. The summed E-state index contributed by atoms with van der Waals surface area (Å²) < 4.78 is 0. The molecule has 13 heavy (non-hydrogen) atoms. The lowest BCUT2D eigenvalue weighted by molar-refractivity contribution is -0.139. The van der Waals surface area contributed by atoms with Crippen LogP contribution in [0.2, 0.25) is 0 Å². The smallest absolute Gasteiger partial charge is 0.311 e. The number of aliphatic hydroxyl groups excluding tert-OH is 1. The summed E-state index contributed by atoms with van der Waals surface area (Å²) in [5.74, 6) is -1.57. The van der Waals surface area contributed by atoms with E-state index >= 15 is 0 Å². The Morgan fingerprint density at radius 3 is 2.46 bits per heavy atom. The highest BCUT2D eigenvalue weighted by Crippen LogP contribution is 2.19. The predicted molar refractivity (Wildman–Crippen MR) is 47.7 cm³/mol. The zero-order valence-electron chi connectivity index (χ0n) is 7.05. The molecule has 0 heterocycles. The Kier molecular flexibility index (Phi) is 3.46. The summed E-state index contributed by atoms with van der Waals surface area (Å²) in [4.78, 5) is 10.8. The van der Waals surface area contributed by atoms with E-state index < -0.39 is 11.9 Å². The Morgan fingerprint density at radius 2 is 2.00 bits per heavy atom. The molecule has 1 rings (SSSR count). The Bertz CT molecular complexity index is 269. The topological polar surface area (TPSA) is 57.5 Å². The van der Waals surface area contributed by atoms with E-state index in [4.69, 9.17) is 10.2 Å². The molecule has 0 aromatic heterocycles. The van der Waals surface area contributed by atoms with Gasteiger partial charge in [-0.05, 0) is 12.0 Å². The number of benzene rings is 1. The van der Waals surface area contributed by atoms with Gasteiger partial charge in [-0.3, -0.25) is 4.79 Å². The molecular weight excluding hydrogens is 168 g/mol. The van der Waals surface area contributed by atoms with E-state index in [-0.39, 0.29) is 6.42 Å². The third kappa shape index (κ3) is 2.56. The molecule has 0 saturated carbocycles. The van der Waals surface area contributed by atoms with Crippen molar-refractivity contribution in [3.8, 4) is 0 Å². The van der Waals surface area contributed by atoms with Gasteiger partial charge in [-0.2, -0.15) is 0 Å². The lowest BCUT2D eigenvalue weighted by Gasteiger charge is -2.09. The first kappa shape index (κ1) is 9.74. The fraction of sp³-hybridized carbons (Fsp3) is 0.200. The molecule has 0 aliphatic carbocycles. The van der Waals surface area contributed by atoms with Crippen LogP contribution in [0.4, 0.5) is 0 Å². The van der Waals surface area contributed by atoms with Gasteiger partial charge in [0, 0.05) is 0 Å². The Balaban J connectivity index is 2.82. The number of aliphatic carboxylic acids is 1. The molecule has 1 aromatic carbocycles. The van der Waals surface area contributed by atoms with Crippen molar-refractivity contribution >= 4 is 5.97 Å². The summed E-state index contributed by atoms with van der Waals surface area (Å²) in [6, 6.07) is 8.86. The third-order valence-electron chi connectivity index (χ3n) is 1.84. The van der Waals surface area contributed by atoms with Gasteiger partial charge in [-0.25, -0.2) is 0 Å². The number of hydrogen-bond donors (Lipinski definition) is 2. The number of aliphatic hydroxyl groups is 1. The first-order valence-corrected chi connectivity index (χ1v) is 3.99. The Morgan fingerprint density at radius 1 is 1.38 bits per heavy atom. The second-order valence-electron chi connectivity index (χ2n) is 2.72. The predicted octanol–water partition coefficient (Wildman–Crippen LogP) is 1.78. The molecule has 0 bridgehead atoms. The maximum Gasteiger partial charge on any atom is 0.311 e.